The summed E-state index contributed by atoms with van der Waals surface area (Å²) in [5.41, 5.74) is 0. The van der Waals surface area contributed by atoms with Crippen LogP contribution in [0.5, 0.6) is 0 Å². The maximum Gasteiger partial charge on any atom is 0.315 e. The molecular weight excluding hydrogens is 162 g/mol. The lowest BCUT2D eigenvalue weighted by molar-refractivity contribution is 0.511. The van der Waals surface area contributed by atoms with Gasteiger partial charge in [-0.3, -0.25) is 0 Å². The van der Waals surface area contributed by atoms with Crippen molar-refractivity contribution in [1.82, 2.24) is 0 Å². The molecule has 0 atom stereocenters. The molecule has 0 amide bonds. The van der Waals surface area contributed by atoms with Crippen molar-refractivity contribution in [2.45, 2.75) is 6.42 Å². The first kappa shape index (κ1) is 8.80. The molecule has 0 aromatic heterocycles. The standard InChI is InChI=1S/C3H6O4P2/c4-8(5)2-1-3-9(6)7/h1-3H2. The Kier molecular flexibility index (Phi) is 4.55. The predicted octanol–water partition coefficient (Wildman–Crippen LogP) is 1.72. The van der Waals surface area contributed by atoms with Gasteiger partial charge in [0.1, 0.15) is 0 Å². The highest BCUT2D eigenvalue weighted by atomic mass is 31.1. The van der Waals surface area contributed by atoms with Gasteiger partial charge in [0.15, 0.2) is 0 Å². The van der Waals surface area contributed by atoms with E-state index in [1.807, 2.05) is 0 Å². The van der Waals surface area contributed by atoms with Gasteiger partial charge in [0.2, 0.25) is 0 Å². The summed E-state index contributed by atoms with van der Waals surface area (Å²) in [7, 11) is -4.80. The molecule has 0 fully saturated rings. The maximum absolute atomic E-state index is 9.82. The van der Waals surface area contributed by atoms with E-state index in [0.29, 0.717) is 0 Å². The van der Waals surface area contributed by atoms with Crippen LogP contribution in [-0.2, 0) is 18.3 Å². The van der Waals surface area contributed by atoms with Crippen LogP contribution in [0.15, 0.2) is 0 Å². The summed E-state index contributed by atoms with van der Waals surface area (Å²) in [6, 6.07) is 0. The lowest BCUT2D eigenvalue weighted by Crippen LogP contribution is -1.75. The minimum atomic E-state index is -2.40. The minimum absolute atomic E-state index is 0.0291. The van der Waals surface area contributed by atoms with Crippen molar-refractivity contribution in [3.63, 3.8) is 0 Å². The van der Waals surface area contributed by atoms with Crippen LogP contribution < -0.4 is 0 Å². The SMILES string of the molecule is O=P(=O)CCCP(=O)=O. The van der Waals surface area contributed by atoms with Gasteiger partial charge >= 0.3 is 15.4 Å². The zero-order valence-electron chi connectivity index (χ0n) is 4.65. The zero-order chi connectivity index (χ0) is 7.28. The maximum atomic E-state index is 9.82. The fraction of sp³-hybridized carbons (Fsp3) is 1.00. The molecule has 9 heavy (non-hydrogen) atoms. The highest BCUT2D eigenvalue weighted by Gasteiger charge is 1.94. The summed E-state index contributed by atoms with van der Waals surface area (Å²) >= 11 is 0. The van der Waals surface area contributed by atoms with Crippen LogP contribution in [-0.4, -0.2) is 12.3 Å². The molecule has 0 aromatic carbocycles. The van der Waals surface area contributed by atoms with Gasteiger partial charge in [-0.2, -0.15) is 0 Å². The van der Waals surface area contributed by atoms with Crippen LogP contribution >= 0.6 is 15.4 Å². The molecule has 0 radical (unpaired) electrons. The van der Waals surface area contributed by atoms with E-state index < -0.39 is 15.4 Å². The zero-order valence-corrected chi connectivity index (χ0v) is 6.44. The van der Waals surface area contributed by atoms with Crippen molar-refractivity contribution in [2.24, 2.45) is 0 Å². The molecular formula is C3H6O4P2. The third-order valence-electron chi connectivity index (χ3n) is 0.681. The fourth-order valence-corrected chi connectivity index (χ4v) is 1.41. The second-order valence-electron chi connectivity index (χ2n) is 1.47. The lowest BCUT2D eigenvalue weighted by Gasteiger charge is -1.78. The van der Waals surface area contributed by atoms with Crippen LogP contribution in [0.3, 0.4) is 0 Å². The Balaban J connectivity index is 3.31. The predicted molar refractivity (Wildman–Crippen MR) is 30.9 cm³/mol. The molecule has 0 aliphatic rings. The second-order valence-corrected chi connectivity index (χ2v) is 3.69. The monoisotopic (exact) mass is 168 g/mol. The van der Waals surface area contributed by atoms with E-state index >= 15 is 0 Å². The highest BCUT2D eigenvalue weighted by Crippen LogP contribution is 2.10. The smallest absolute Gasteiger partial charge is 0.237 e. The molecule has 4 nitrogen and oxygen atoms in total. The van der Waals surface area contributed by atoms with Gasteiger partial charge in [-0.1, -0.05) is 0 Å². The third kappa shape index (κ3) is 7.80. The van der Waals surface area contributed by atoms with E-state index in [2.05, 4.69) is 0 Å². The first-order valence-electron chi connectivity index (χ1n) is 2.36. The molecule has 0 heterocycles. The summed E-state index contributed by atoms with van der Waals surface area (Å²) in [5.74, 6) is 0. The average molecular weight is 168 g/mol. The van der Waals surface area contributed by atoms with Crippen molar-refractivity contribution in [1.29, 1.82) is 0 Å². The Morgan fingerprint density at radius 2 is 1.11 bits per heavy atom. The molecule has 0 bridgehead atoms. The minimum Gasteiger partial charge on any atom is -0.237 e. The van der Waals surface area contributed by atoms with Gasteiger partial charge in [0.05, 0.1) is 12.3 Å². The van der Waals surface area contributed by atoms with E-state index in [9.17, 15) is 18.3 Å². The Morgan fingerprint density at radius 3 is 1.33 bits per heavy atom. The second kappa shape index (κ2) is 4.66. The summed E-state index contributed by atoms with van der Waals surface area (Å²) in [6.45, 7) is 0. The molecule has 0 saturated heterocycles. The van der Waals surface area contributed by atoms with Gasteiger partial charge in [0, 0.05) is 0 Å². The molecule has 0 saturated carbocycles. The highest BCUT2D eigenvalue weighted by molar-refractivity contribution is 7.31. The topological polar surface area (TPSA) is 68.3 Å². The summed E-state index contributed by atoms with van der Waals surface area (Å²) < 4.78 is 39.3. The van der Waals surface area contributed by atoms with Crippen molar-refractivity contribution in [3.05, 3.63) is 0 Å². The van der Waals surface area contributed by atoms with E-state index in [0.717, 1.165) is 0 Å². The van der Waals surface area contributed by atoms with Crippen molar-refractivity contribution >= 4 is 15.4 Å². The molecule has 0 aliphatic heterocycles. The third-order valence-corrected chi connectivity index (χ3v) is 2.04. The molecule has 0 rings (SSSR count). The molecule has 0 unspecified atom stereocenters. The normalized spacial score (nSPS) is 8.89. The molecule has 0 aliphatic carbocycles. The van der Waals surface area contributed by atoms with E-state index in [-0.39, 0.29) is 18.7 Å². The molecule has 0 aromatic rings. The molecule has 0 N–H and O–H groups in total. The van der Waals surface area contributed by atoms with Gasteiger partial charge in [-0.25, -0.2) is 18.3 Å². The molecule has 6 heteroatoms. The molecule has 0 spiro atoms. The summed E-state index contributed by atoms with van der Waals surface area (Å²) in [6.07, 6.45) is 0.161. The van der Waals surface area contributed by atoms with Crippen molar-refractivity contribution in [3.8, 4) is 0 Å². The largest absolute Gasteiger partial charge is 0.315 e. The van der Waals surface area contributed by atoms with E-state index in [4.69, 9.17) is 0 Å². The summed E-state index contributed by atoms with van der Waals surface area (Å²) in [4.78, 5) is 0. The van der Waals surface area contributed by atoms with Gasteiger partial charge in [0.25, 0.3) is 0 Å². The van der Waals surface area contributed by atoms with Gasteiger partial charge in [-0.05, 0) is 6.42 Å². The van der Waals surface area contributed by atoms with E-state index in [1.165, 1.54) is 0 Å². The van der Waals surface area contributed by atoms with Crippen LogP contribution in [0.2, 0.25) is 0 Å². The number of hydrogen-bond acceptors (Lipinski definition) is 4. The van der Waals surface area contributed by atoms with Crippen molar-refractivity contribution in [2.75, 3.05) is 12.3 Å². The first-order valence-corrected chi connectivity index (χ1v) is 5.09. The first-order chi connectivity index (χ1) is 4.13. The fourth-order valence-electron chi connectivity index (χ4n) is 0.329. The Morgan fingerprint density at radius 1 is 0.778 bits per heavy atom. The van der Waals surface area contributed by atoms with Crippen LogP contribution in [0.4, 0.5) is 0 Å². The number of hydrogen-bond donors (Lipinski definition) is 0. The summed E-state index contributed by atoms with van der Waals surface area (Å²) in [5, 5.41) is 0. The Hall–Kier alpha value is -0.200. The van der Waals surface area contributed by atoms with Crippen LogP contribution in [0.1, 0.15) is 6.42 Å². The number of rotatable bonds is 4. The Labute approximate surface area is 53.3 Å². The Bertz CT molecular complexity index is 164. The average Bonchev–Trinajstić information content (AvgIpc) is 1.63. The van der Waals surface area contributed by atoms with Gasteiger partial charge in [-0.15, -0.1) is 0 Å². The van der Waals surface area contributed by atoms with E-state index in [1.54, 1.807) is 0 Å². The quantitative estimate of drug-likeness (QED) is 0.599. The van der Waals surface area contributed by atoms with Gasteiger partial charge < -0.3 is 0 Å². The van der Waals surface area contributed by atoms with Crippen molar-refractivity contribution < 1.29 is 18.3 Å². The lowest BCUT2D eigenvalue weighted by atomic mass is 10.6. The van der Waals surface area contributed by atoms with Crippen LogP contribution in [0, 0.1) is 0 Å². The molecule has 52 valence electrons. The van der Waals surface area contributed by atoms with Crippen LogP contribution in [0.25, 0.3) is 0 Å².